The van der Waals surface area contributed by atoms with Crippen LogP contribution in [0, 0.1) is 0 Å². The number of anilines is 1. The average molecular weight is 270 g/mol. The maximum Gasteiger partial charge on any atom is 0.183 e. The highest BCUT2D eigenvalue weighted by Crippen LogP contribution is 2.24. The van der Waals surface area contributed by atoms with Crippen molar-refractivity contribution < 1.29 is 4.74 Å². The molecule has 0 spiro atoms. The van der Waals surface area contributed by atoms with Crippen LogP contribution in [-0.4, -0.2) is 18.1 Å². The third-order valence-corrected chi connectivity index (χ3v) is 3.68. The minimum absolute atomic E-state index is 0.625. The molecule has 4 heteroatoms. The van der Waals surface area contributed by atoms with E-state index in [0.717, 1.165) is 22.9 Å². The SMILES string of the molecule is c1ccc(OCCNc2nc3ccccc3s2)cc1. The summed E-state index contributed by atoms with van der Waals surface area (Å²) in [4.78, 5) is 4.51. The second-order valence-electron chi connectivity index (χ2n) is 4.08. The minimum Gasteiger partial charge on any atom is -0.492 e. The average Bonchev–Trinajstić information content (AvgIpc) is 2.87. The predicted octanol–water partition coefficient (Wildman–Crippen LogP) is 3.79. The molecule has 3 aromatic rings. The molecule has 1 N–H and O–H groups in total. The Bertz CT molecular complexity index is 618. The van der Waals surface area contributed by atoms with Crippen molar-refractivity contribution in [3.05, 3.63) is 54.6 Å². The number of nitrogens with one attached hydrogen (secondary N) is 1. The van der Waals surface area contributed by atoms with E-state index in [9.17, 15) is 0 Å². The fourth-order valence-corrected chi connectivity index (χ4v) is 2.68. The van der Waals surface area contributed by atoms with E-state index in [2.05, 4.69) is 16.4 Å². The first-order chi connectivity index (χ1) is 9.42. The van der Waals surface area contributed by atoms with Gasteiger partial charge in [-0.2, -0.15) is 0 Å². The zero-order valence-electron chi connectivity index (χ0n) is 10.4. The molecule has 0 saturated heterocycles. The fraction of sp³-hybridized carbons (Fsp3) is 0.133. The summed E-state index contributed by atoms with van der Waals surface area (Å²) in [5, 5.41) is 4.23. The molecule has 1 heterocycles. The molecule has 0 aliphatic heterocycles. The lowest BCUT2D eigenvalue weighted by Gasteiger charge is -2.05. The molecule has 0 aliphatic carbocycles. The number of ether oxygens (including phenoxy) is 1. The summed E-state index contributed by atoms with van der Waals surface area (Å²) in [7, 11) is 0. The second-order valence-corrected chi connectivity index (χ2v) is 5.11. The highest BCUT2D eigenvalue weighted by Gasteiger charge is 2.01. The number of fused-ring (bicyclic) bond motifs is 1. The number of thiazole rings is 1. The van der Waals surface area contributed by atoms with E-state index in [1.54, 1.807) is 11.3 Å². The van der Waals surface area contributed by atoms with Crippen molar-refractivity contribution in [1.29, 1.82) is 0 Å². The Hall–Kier alpha value is -2.07. The molecule has 2 aromatic carbocycles. The standard InChI is InChI=1S/C15H14N2OS/c1-2-6-12(7-3-1)18-11-10-16-15-17-13-8-4-5-9-14(13)19-15/h1-9H,10-11H2,(H,16,17). The Kier molecular flexibility index (Phi) is 3.61. The van der Waals surface area contributed by atoms with Crippen LogP contribution in [0.25, 0.3) is 10.2 Å². The largest absolute Gasteiger partial charge is 0.492 e. The number of aromatic nitrogens is 1. The quantitative estimate of drug-likeness (QED) is 0.716. The van der Waals surface area contributed by atoms with Gasteiger partial charge in [0.1, 0.15) is 12.4 Å². The molecule has 0 radical (unpaired) electrons. The third kappa shape index (κ3) is 3.03. The molecule has 96 valence electrons. The van der Waals surface area contributed by atoms with Gasteiger partial charge in [0.15, 0.2) is 5.13 Å². The van der Waals surface area contributed by atoms with E-state index >= 15 is 0 Å². The summed E-state index contributed by atoms with van der Waals surface area (Å²) in [6.45, 7) is 1.37. The summed E-state index contributed by atoms with van der Waals surface area (Å²) in [5.74, 6) is 0.897. The molecular weight excluding hydrogens is 256 g/mol. The minimum atomic E-state index is 0.625. The van der Waals surface area contributed by atoms with E-state index in [1.165, 1.54) is 4.70 Å². The Labute approximate surface area is 115 Å². The van der Waals surface area contributed by atoms with Crippen LogP contribution in [0.15, 0.2) is 54.6 Å². The van der Waals surface area contributed by atoms with Crippen LogP contribution in [0.2, 0.25) is 0 Å². The molecule has 0 atom stereocenters. The van der Waals surface area contributed by atoms with Crippen molar-refractivity contribution in [2.75, 3.05) is 18.5 Å². The predicted molar refractivity (Wildman–Crippen MR) is 80.0 cm³/mol. The second kappa shape index (κ2) is 5.71. The summed E-state index contributed by atoms with van der Waals surface area (Å²) in [6.07, 6.45) is 0. The van der Waals surface area contributed by atoms with Crippen molar-refractivity contribution in [1.82, 2.24) is 4.98 Å². The van der Waals surface area contributed by atoms with Crippen molar-refractivity contribution in [3.8, 4) is 5.75 Å². The number of rotatable bonds is 5. The van der Waals surface area contributed by atoms with Crippen LogP contribution < -0.4 is 10.1 Å². The first-order valence-electron chi connectivity index (χ1n) is 6.19. The molecule has 0 amide bonds. The van der Waals surface area contributed by atoms with Gasteiger partial charge in [-0.05, 0) is 24.3 Å². The van der Waals surface area contributed by atoms with Crippen LogP contribution in [-0.2, 0) is 0 Å². The Morgan fingerprint density at radius 3 is 2.63 bits per heavy atom. The zero-order valence-corrected chi connectivity index (χ0v) is 11.2. The van der Waals surface area contributed by atoms with Gasteiger partial charge in [-0.1, -0.05) is 41.7 Å². The monoisotopic (exact) mass is 270 g/mol. The van der Waals surface area contributed by atoms with Gasteiger partial charge in [-0.25, -0.2) is 4.98 Å². The fourth-order valence-electron chi connectivity index (χ4n) is 1.79. The number of hydrogen-bond donors (Lipinski definition) is 1. The Morgan fingerprint density at radius 1 is 1.00 bits per heavy atom. The lowest BCUT2D eigenvalue weighted by atomic mass is 10.3. The van der Waals surface area contributed by atoms with Gasteiger partial charge in [0.2, 0.25) is 0 Å². The van der Waals surface area contributed by atoms with Crippen LogP contribution in [0.4, 0.5) is 5.13 Å². The van der Waals surface area contributed by atoms with Crippen molar-refractivity contribution in [3.63, 3.8) is 0 Å². The molecule has 0 bridgehead atoms. The van der Waals surface area contributed by atoms with Crippen LogP contribution in [0.3, 0.4) is 0 Å². The topological polar surface area (TPSA) is 34.1 Å². The van der Waals surface area contributed by atoms with E-state index < -0.39 is 0 Å². The van der Waals surface area contributed by atoms with Gasteiger partial charge >= 0.3 is 0 Å². The summed E-state index contributed by atoms with van der Waals surface area (Å²) in [5.41, 5.74) is 1.04. The third-order valence-electron chi connectivity index (χ3n) is 2.68. The number of nitrogens with zero attached hydrogens (tertiary/aromatic N) is 1. The lowest BCUT2D eigenvalue weighted by molar-refractivity contribution is 0.333. The van der Waals surface area contributed by atoms with Gasteiger partial charge < -0.3 is 10.1 Å². The summed E-state index contributed by atoms with van der Waals surface area (Å²) >= 11 is 1.67. The summed E-state index contributed by atoms with van der Waals surface area (Å²) in [6, 6.07) is 18.0. The highest BCUT2D eigenvalue weighted by atomic mass is 32.1. The normalized spacial score (nSPS) is 10.5. The molecule has 0 unspecified atom stereocenters. The Morgan fingerprint density at radius 2 is 1.79 bits per heavy atom. The smallest absolute Gasteiger partial charge is 0.183 e. The van der Waals surface area contributed by atoms with E-state index in [0.29, 0.717) is 6.61 Å². The van der Waals surface area contributed by atoms with Crippen molar-refractivity contribution >= 4 is 26.7 Å². The van der Waals surface area contributed by atoms with E-state index in [-0.39, 0.29) is 0 Å². The molecule has 19 heavy (non-hydrogen) atoms. The molecular formula is C15H14N2OS. The van der Waals surface area contributed by atoms with Gasteiger partial charge in [-0.15, -0.1) is 0 Å². The van der Waals surface area contributed by atoms with Gasteiger partial charge in [0.05, 0.1) is 16.8 Å². The van der Waals surface area contributed by atoms with Gasteiger partial charge in [-0.3, -0.25) is 0 Å². The lowest BCUT2D eigenvalue weighted by Crippen LogP contribution is -2.11. The highest BCUT2D eigenvalue weighted by molar-refractivity contribution is 7.22. The van der Waals surface area contributed by atoms with Crippen molar-refractivity contribution in [2.45, 2.75) is 0 Å². The van der Waals surface area contributed by atoms with Crippen LogP contribution in [0.5, 0.6) is 5.75 Å². The first-order valence-corrected chi connectivity index (χ1v) is 7.01. The van der Waals surface area contributed by atoms with Crippen LogP contribution in [0.1, 0.15) is 0 Å². The first kappa shape index (κ1) is 12.0. The maximum atomic E-state index is 5.62. The number of para-hydroxylation sites is 2. The maximum absolute atomic E-state index is 5.62. The number of benzene rings is 2. The molecule has 1 aromatic heterocycles. The molecule has 0 fully saturated rings. The Balaban J connectivity index is 1.52. The van der Waals surface area contributed by atoms with E-state index in [4.69, 9.17) is 4.74 Å². The molecule has 3 nitrogen and oxygen atoms in total. The number of hydrogen-bond acceptors (Lipinski definition) is 4. The van der Waals surface area contributed by atoms with Crippen molar-refractivity contribution in [2.24, 2.45) is 0 Å². The summed E-state index contributed by atoms with van der Waals surface area (Å²) < 4.78 is 6.82. The van der Waals surface area contributed by atoms with Gasteiger partial charge in [0.25, 0.3) is 0 Å². The van der Waals surface area contributed by atoms with E-state index in [1.807, 2.05) is 48.5 Å². The molecule has 3 rings (SSSR count). The van der Waals surface area contributed by atoms with Gasteiger partial charge in [0, 0.05) is 0 Å². The van der Waals surface area contributed by atoms with Crippen LogP contribution >= 0.6 is 11.3 Å². The zero-order chi connectivity index (χ0) is 12.9. The molecule has 0 aliphatic rings. The molecule has 0 saturated carbocycles.